The SMILES string of the molecule is C[Si](C)(C)CCOCn1ncc2ccc(Nc3nc(N)c4occ(CC(F)(F)F)c4n3)cc21. The summed E-state index contributed by atoms with van der Waals surface area (Å²) in [6.45, 7) is 7.87. The molecule has 0 radical (unpaired) electrons. The number of anilines is 3. The van der Waals surface area contributed by atoms with Crippen LogP contribution >= 0.6 is 0 Å². The first-order chi connectivity index (χ1) is 15.5. The molecule has 0 amide bonds. The summed E-state index contributed by atoms with van der Waals surface area (Å²) in [6, 6.07) is 6.58. The first kappa shape index (κ1) is 23.0. The number of furan rings is 1. The molecule has 1 aromatic carbocycles. The van der Waals surface area contributed by atoms with Crippen LogP contribution in [0.2, 0.25) is 25.7 Å². The molecule has 33 heavy (non-hydrogen) atoms. The van der Waals surface area contributed by atoms with Gasteiger partial charge in [0.2, 0.25) is 5.95 Å². The molecule has 0 spiro atoms. The Morgan fingerprint density at radius 3 is 2.73 bits per heavy atom. The van der Waals surface area contributed by atoms with E-state index in [4.69, 9.17) is 14.9 Å². The van der Waals surface area contributed by atoms with Gasteiger partial charge in [0.15, 0.2) is 11.4 Å². The summed E-state index contributed by atoms with van der Waals surface area (Å²) in [7, 11) is -1.18. The second kappa shape index (κ2) is 8.67. The number of alkyl halides is 3. The molecule has 0 fully saturated rings. The smallest absolute Gasteiger partial charge is 0.393 e. The van der Waals surface area contributed by atoms with Crippen LogP contribution in [0.15, 0.2) is 35.1 Å². The highest BCUT2D eigenvalue weighted by Crippen LogP contribution is 2.31. The zero-order valence-electron chi connectivity index (χ0n) is 18.5. The number of hydrogen-bond acceptors (Lipinski definition) is 7. The standard InChI is InChI=1S/C21H25F3N6O2Si/c1-33(2,3)7-6-31-12-30-16-8-15(5-4-13(16)10-26-30)27-20-28-17-14(9-21(22,23)24)11-32-18(17)19(25)29-20/h4-5,8,10-11H,6-7,9,12H2,1-3H3,(H3,25,27,28,29). The van der Waals surface area contributed by atoms with Gasteiger partial charge in [0, 0.05) is 31.3 Å². The Morgan fingerprint density at radius 1 is 1.21 bits per heavy atom. The van der Waals surface area contributed by atoms with Crippen LogP contribution in [0.1, 0.15) is 5.56 Å². The van der Waals surface area contributed by atoms with Crippen molar-refractivity contribution in [1.29, 1.82) is 0 Å². The molecule has 0 unspecified atom stereocenters. The van der Waals surface area contributed by atoms with E-state index in [0.717, 1.165) is 23.2 Å². The summed E-state index contributed by atoms with van der Waals surface area (Å²) in [5, 5.41) is 8.31. The molecular formula is C21H25F3N6O2Si. The van der Waals surface area contributed by atoms with E-state index in [1.807, 2.05) is 12.1 Å². The third kappa shape index (κ3) is 5.63. The Labute approximate surface area is 188 Å². The molecule has 3 N–H and O–H groups in total. The molecule has 0 saturated heterocycles. The van der Waals surface area contributed by atoms with E-state index in [1.54, 1.807) is 16.9 Å². The van der Waals surface area contributed by atoms with E-state index < -0.39 is 20.7 Å². The largest absolute Gasteiger partial charge is 0.458 e. The fraction of sp³-hybridized carbons (Fsp3) is 0.381. The molecule has 12 heteroatoms. The predicted octanol–water partition coefficient (Wildman–Crippen LogP) is 5.32. The normalized spacial score (nSPS) is 12.7. The van der Waals surface area contributed by atoms with Gasteiger partial charge in [0.1, 0.15) is 12.2 Å². The predicted molar refractivity (Wildman–Crippen MR) is 123 cm³/mol. The Bertz CT molecular complexity index is 1280. The Balaban J connectivity index is 1.55. The fourth-order valence-corrected chi connectivity index (χ4v) is 4.05. The van der Waals surface area contributed by atoms with Crippen molar-refractivity contribution < 1.29 is 22.3 Å². The minimum absolute atomic E-state index is 0.0313. The molecule has 0 atom stereocenters. The lowest BCUT2D eigenvalue weighted by Crippen LogP contribution is -2.22. The van der Waals surface area contributed by atoms with E-state index in [1.165, 1.54) is 0 Å². The maximum Gasteiger partial charge on any atom is 0.393 e. The molecule has 8 nitrogen and oxygen atoms in total. The van der Waals surface area contributed by atoms with E-state index in [2.05, 4.69) is 40.0 Å². The van der Waals surface area contributed by atoms with Crippen molar-refractivity contribution >= 4 is 47.5 Å². The van der Waals surface area contributed by atoms with Crippen LogP contribution in [0.5, 0.6) is 0 Å². The van der Waals surface area contributed by atoms with Crippen molar-refractivity contribution in [2.24, 2.45) is 0 Å². The number of benzene rings is 1. The number of nitrogen functional groups attached to an aromatic ring is 1. The maximum absolute atomic E-state index is 12.9. The number of nitrogens with one attached hydrogen (secondary N) is 1. The van der Waals surface area contributed by atoms with Gasteiger partial charge in [-0.15, -0.1) is 0 Å². The monoisotopic (exact) mass is 478 g/mol. The number of aromatic nitrogens is 4. The quantitative estimate of drug-likeness (QED) is 0.261. The van der Waals surface area contributed by atoms with Gasteiger partial charge in [-0.3, -0.25) is 0 Å². The van der Waals surface area contributed by atoms with Gasteiger partial charge in [-0.25, -0.2) is 9.67 Å². The van der Waals surface area contributed by atoms with Crippen LogP contribution in [-0.4, -0.2) is 40.6 Å². The molecule has 0 bridgehead atoms. The van der Waals surface area contributed by atoms with Crippen molar-refractivity contribution in [3.05, 3.63) is 36.2 Å². The zero-order valence-corrected chi connectivity index (χ0v) is 19.5. The molecular weight excluding hydrogens is 453 g/mol. The molecule has 3 aromatic heterocycles. The number of nitrogens with zero attached hydrogens (tertiary/aromatic N) is 4. The molecule has 3 heterocycles. The second-order valence-corrected chi connectivity index (χ2v) is 14.7. The summed E-state index contributed by atoms with van der Waals surface area (Å²) in [5.41, 5.74) is 7.32. The number of hydrogen-bond donors (Lipinski definition) is 2. The molecule has 4 aromatic rings. The summed E-state index contributed by atoms with van der Waals surface area (Å²) in [4.78, 5) is 8.33. The van der Waals surface area contributed by atoms with Crippen molar-refractivity contribution in [1.82, 2.24) is 19.7 Å². The lowest BCUT2D eigenvalue weighted by molar-refractivity contribution is -0.127. The van der Waals surface area contributed by atoms with Gasteiger partial charge in [-0.2, -0.15) is 23.3 Å². The molecule has 0 aliphatic rings. The Kier molecular flexibility index (Phi) is 6.06. The topological polar surface area (TPSA) is 104 Å². The van der Waals surface area contributed by atoms with Gasteiger partial charge in [0.25, 0.3) is 0 Å². The summed E-state index contributed by atoms with van der Waals surface area (Å²) < 4.78 is 51.3. The minimum atomic E-state index is -4.40. The van der Waals surface area contributed by atoms with E-state index in [0.29, 0.717) is 19.0 Å². The zero-order chi connectivity index (χ0) is 23.8. The maximum atomic E-state index is 12.9. The molecule has 0 saturated carbocycles. The summed E-state index contributed by atoms with van der Waals surface area (Å²) in [6.07, 6.45) is -2.81. The number of nitrogens with two attached hydrogens (primary N) is 1. The summed E-state index contributed by atoms with van der Waals surface area (Å²) >= 11 is 0. The lowest BCUT2D eigenvalue weighted by atomic mass is 10.2. The van der Waals surface area contributed by atoms with Gasteiger partial charge in [0.05, 0.1) is 24.4 Å². The Morgan fingerprint density at radius 2 is 2.00 bits per heavy atom. The third-order valence-electron chi connectivity index (χ3n) is 5.02. The Hall–Kier alpha value is -3.12. The van der Waals surface area contributed by atoms with Crippen molar-refractivity contribution in [3.63, 3.8) is 0 Å². The average Bonchev–Trinajstić information content (AvgIpc) is 3.28. The van der Waals surface area contributed by atoms with Crippen LogP contribution < -0.4 is 11.1 Å². The van der Waals surface area contributed by atoms with Crippen LogP contribution in [0.3, 0.4) is 0 Å². The first-order valence-corrected chi connectivity index (χ1v) is 14.1. The van der Waals surface area contributed by atoms with E-state index in [9.17, 15) is 13.2 Å². The van der Waals surface area contributed by atoms with E-state index in [-0.39, 0.29) is 28.4 Å². The van der Waals surface area contributed by atoms with Crippen molar-refractivity contribution in [2.45, 2.75) is 45.0 Å². The van der Waals surface area contributed by atoms with Gasteiger partial charge in [-0.05, 0) is 24.2 Å². The third-order valence-corrected chi connectivity index (χ3v) is 6.72. The fourth-order valence-electron chi connectivity index (χ4n) is 3.29. The van der Waals surface area contributed by atoms with Crippen LogP contribution in [0.4, 0.5) is 30.6 Å². The highest BCUT2D eigenvalue weighted by atomic mass is 28.3. The van der Waals surface area contributed by atoms with E-state index >= 15 is 0 Å². The van der Waals surface area contributed by atoms with Crippen LogP contribution in [0.25, 0.3) is 22.0 Å². The molecule has 0 aliphatic carbocycles. The average molecular weight is 479 g/mol. The molecule has 4 rings (SSSR count). The molecule has 176 valence electrons. The number of ether oxygens (including phenoxy) is 1. The number of halogens is 3. The lowest BCUT2D eigenvalue weighted by Gasteiger charge is -2.15. The van der Waals surface area contributed by atoms with Gasteiger partial charge in [-0.1, -0.05) is 19.6 Å². The van der Waals surface area contributed by atoms with Crippen LogP contribution in [0, 0.1) is 0 Å². The molecule has 0 aliphatic heterocycles. The van der Waals surface area contributed by atoms with Gasteiger partial charge < -0.3 is 20.2 Å². The number of rotatable bonds is 8. The van der Waals surface area contributed by atoms with Gasteiger partial charge >= 0.3 is 6.18 Å². The number of fused-ring (bicyclic) bond motifs is 2. The van der Waals surface area contributed by atoms with Crippen molar-refractivity contribution in [3.8, 4) is 0 Å². The highest BCUT2D eigenvalue weighted by molar-refractivity contribution is 6.76. The first-order valence-electron chi connectivity index (χ1n) is 10.4. The minimum Gasteiger partial charge on any atom is -0.458 e. The second-order valence-electron chi connectivity index (χ2n) is 9.05. The van der Waals surface area contributed by atoms with Crippen LogP contribution in [-0.2, 0) is 17.9 Å². The summed E-state index contributed by atoms with van der Waals surface area (Å²) in [5.74, 6) is 0.0273. The van der Waals surface area contributed by atoms with Crippen molar-refractivity contribution in [2.75, 3.05) is 17.7 Å². The highest BCUT2D eigenvalue weighted by Gasteiger charge is 2.30.